The fourth-order valence-electron chi connectivity index (χ4n) is 4.09. The van der Waals surface area contributed by atoms with Crippen LogP contribution in [0.25, 0.3) is 0 Å². The maximum Gasteiger partial charge on any atom is 0.247 e. The molecule has 2 aliphatic heterocycles. The van der Waals surface area contributed by atoms with Crippen molar-refractivity contribution in [3.05, 3.63) is 34.9 Å². The molecule has 0 bridgehead atoms. The highest BCUT2D eigenvalue weighted by Crippen LogP contribution is 2.37. The third-order valence-corrected chi connectivity index (χ3v) is 8.04. The number of likely N-dealkylation sites (N-methyl/N-ethyl adjacent to an activating group) is 1. The lowest BCUT2D eigenvalue weighted by Crippen LogP contribution is -2.52. The van der Waals surface area contributed by atoms with Crippen LogP contribution in [0.1, 0.15) is 18.9 Å². The number of anilines is 1. The number of sulfonamides is 1. The van der Waals surface area contributed by atoms with Crippen LogP contribution >= 0.6 is 11.3 Å². The second kappa shape index (κ2) is 6.56. The van der Waals surface area contributed by atoms with Crippen molar-refractivity contribution in [1.29, 1.82) is 0 Å². The van der Waals surface area contributed by atoms with Crippen LogP contribution in [-0.4, -0.2) is 65.9 Å². The number of thiazole rings is 1. The molecule has 4 heterocycles. The molecule has 2 aliphatic rings. The topological polar surface area (TPSA) is 69.6 Å². The van der Waals surface area contributed by atoms with Gasteiger partial charge in [-0.2, -0.15) is 4.31 Å². The summed E-state index contributed by atoms with van der Waals surface area (Å²) in [5.74, 6) is 0.543. The Hall–Kier alpha value is -1.55. The Balaban J connectivity index is 1.75. The van der Waals surface area contributed by atoms with Crippen molar-refractivity contribution in [2.45, 2.75) is 43.4 Å². The quantitative estimate of drug-likeness (QED) is 0.790. The molecular weight excluding hydrogens is 370 g/mol. The molecule has 2 atom stereocenters. The Bertz CT molecular complexity index is 884. The second-order valence-electron chi connectivity index (χ2n) is 7.12. The normalized spacial score (nSPS) is 25.9. The van der Waals surface area contributed by atoms with Crippen LogP contribution in [0.3, 0.4) is 0 Å². The molecular formula is C17H23N5O2S2. The predicted molar refractivity (Wildman–Crippen MR) is 102 cm³/mol. The van der Waals surface area contributed by atoms with Gasteiger partial charge >= 0.3 is 0 Å². The van der Waals surface area contributed by atoms with E-state index in [9.17, 15) is 8.42 Å². The van der Waals surface area contributed by atoms with Crippen molar-refractivity contribution in [3.8, 4) is 0 Å². The first kappa shape index (κ1) is 17.8. The van der Waals surface area contributed by atoms with Gasteiger partial charge in [0.15, 0.2) is 0 Å². The Kier molecular flexibility index (Phi) is 4.50. The summed E-state index contributed by atoms with van der Waals surface area (Å²) < 4.78 is 28.5. The fourth-order valence-corrected chi connectivity index (χ4v) is 6.77. The first-order chi connectivity index (χ1) is 12.4. The van der Waals surface area contributed by atoms with Crippen LogP contribution in [-0.2, 0) is 16.6 Å². The third kappa shape index (κ3) is 2.83. The van der Waals surface area contributed by atoms with Crippen LogP contribution in [0.4, 0.5) is 5.82 Å². The molecule has 0 aromatic carbocycles. The van der Waals surface area contributed by atoms with E-state index in [1.54, 1.807) is 34.0 Å². The molecule has 0 N–H and O–H groups in total. The molecule has 26 heavy (non-hydrogen) atoms. The van der Waals surface area contributed by atoms with Crippen LogP contribution in [0.2, 0.25) is 0 Å². The standard InChI is InChI=1S/C17H23N5O2S2/c1-12(2)22-14-10-21(11-16-18-7-8-25-16)9-13(14)20(3)17-15(26(22,23)24)5-4-6-19-17/h4-8,12-14H,9-11H2,1-3H3/t13-,14-/m1/s1. The van der Waals surface area contributed by atoms with Crippen LogP contribution in [0.15, 0.2) is 34.8 Å². The van der Waals surface area contributed by atoms with Gasteiger partial charge in [0.1, 0.15) is 15.7 Å². The molecule has 0 aliphatic carbocycles. The molecule has 0 amide bonds. The summed E-state index contributed by atoms with van der Waals surface area (Å²) in [7, 11) is -1.65. The summed E-state index contributed by atoms with van der Waals surface area (Å²) >= 11 is 1.63. The number of rotatable bonds is 3. The zero-order chi connectivity index (χ0) is 18.5. The van der Waals surface area contributed by atoms with Crippen molar-refractivity contribution in [2.24, 2.45) is 0 Å². The minimum atomic E-state index is -3.60. The number of pyridine rings is 1. The molecule has 2 aromatic rings. The van der Waals surface area contributed by atoms with Gasteiger partial charge in [0, 0.05) is 44.0 Å². The lowest BCUT2D eigenvalue weighted by Gasteiger charge is -2.34. The van der Waals surface area contributed by atoms with Crippen molar-refractivity contribution >= 4 is 27.2 Å². The van der Waals surface area contributed by atoms with E-state index in [0.717, 1.165) is 18.1 Å². The second-order valence-corrected chi connectivity index (χ2v) is 9.91. The smallest absolute Gasteiger partial charge is 0.247 e. The van der Waals surface area contributed by atoms with Gasteiger partial charge in [0.2, 0.25) is 10.0 Å². The lowest BCUT2D eigenvalue weighted by atomic mass is 10.1. The Morgan fingerprint density at radius 2 is 2.00 bits per heavy atom. The molecule has 2 aromatic heterocycles. The molecule has 0 radical (unpaired) electrons. The maximum atomic E-state index is 13.4. The number of fused-ring (bicyclic) bond motifs is 2. The lowest BCUT2D eigenvalue weighted by molar-refractivity contribution is 0.249. The van der Waals surface area contributed by atoms with E-state index in [2.05, 4.69) is 14.9 Å². The van der Waals surface area contributed by atoms with Gasteiger partial charge in [-0.25, -0.2) is 18.4 Å². The zero-order valence-corrected chi connectivity index (χ0v) is 16.7. The SMILES string of the molecule is CC(C)N1[C@@H]2CN(Cc3nccs3)C[C@H]2N(C)c2ncccc2S1(=O)=O. The van der Waals surface area contributed by atoms with E-state index in [-0.39, 0.29) is 18.1 Å². The van der Waals surface area contributed by atoms with Gasteiger partial charge in [-0.05, 0) is 26.0 Å². The minimum absolute atomic E-state index is 0.0586. The average molecular weight is 394 g/mol. The number of aromatic nitrogens is 2. The molecule has 9 heteroatoms. The summed E-state index contributed by atoms with van der Waals surface area (Å²) in [5, 5.41) is 3.03. The Morgan fingerprint density at radius 3 is 2.69 bits per heavy atom. The molecule has 0 spiro atoms. The highest BCUT2D eigenvalue weighted by atomic mass is 32.2. The first-order valence-electron chi connectivity index (χ1n) is 8.71. The van der Waals surface area contributed by atoms with E-state index >= 15 is 0 Å². The summed E-state index contributed by atoms with van der Waals surface area (Å²) in [4.78, 5) is 13.4. The predicted octanol–water partition coefficient (Wildman–Crippen LogP) is 1.64. The van der Waals surface area contributed by atoms with Gasteiger partial charge in [-0.1, -0.05) is 0 Å². The van der Waals surface area contributed by atoms with Crippen molar-refractivity contribution in [3.63, 3.8) is 0 Å². The number of hydrogen-bond donors (Lipinski definition) is 0. The van der Waals surface area contributed by atoms with E-state index in [1.807, 2.05) is 37.4 Å². The third-order valence-electron chi connectivity index (χ3n) is 5.15. The van der Waals surface area contributed by atoms with Gasteiger partial charge in [0.25, 0.3) is 0 Å². The maximum absolute atomic E-state index is 13.4. The molecule has 1 fully saturated rings. The van der Waals surface area contributed by atoms with Crippen molar-refractivity contribution < 1.29 is 8.42 Å². The number of nitrogens with zero attached hydrogens (tertiary/aromatic N) is 5. The zero-order valence-electron chi connectivity index (χ0n) is 15.1. The van der Waals surface area contributed by atoms with Gasteiger partial charge in [0.05, 0.1) is 18.6 Å². The molecule has 140 valence electrons. The highest BCUT2D eigenvalue weighted by Gasteiger charge is 2.49. The largest absolute Gasteiger partial charge is 0.353 e. The Labute approximate surface area is 158 Å². The van der Waals surface area contributed by atoms with E-state index in [4.69, 9.17) is 0 Å². The van der Waals surface area contributed by atoms with Gasteiger partial charge < -0.3 is 4.90 Å². The summed E-state index contributed by atoms with van der Waals surface area (Å²) in [5.41, 5.74) is 0. The van der Waals surface area contributed by atoms with Crippen molar-refractivity contribution in [2.75, 3.05) is 25.0 Å². The average Bonchev–Trinajstić information content (AvgIpc) is 3.23. The molecule has 4 rings (SSSR count). The number of hydrogen-bond acceptors (Lipinski definition) is 7. The molecule has 0 saturated carbocycles. The van der Waals surface area contributed by atoms with Crippen molar-refractivity contribution in [1.82, 2.24) is 19.2 Å². The van der Waals surface area contributed by atoms with E-state index in [0.29, 0.717) is 17.3 Å². The fraction of sp³-hybridized carbons (Fsp3) is 0.529. The van der Waals surface area contributed by atoms with Crippen LogP contribution < -0.4 is 4.90 Å². The van der Waals surface area contributed by atoms with Gasteiger partial charge in [-0.3, -0.25) is 4.90 Å². The molecule has 1 saturated heterocycles. The molecule has 0 unspecified atom stereocenters. The van der Waals surface area contributed by atoms with Crippen LogP contribution in [0, 0.1) is 0 Å². The summed E-state index contributed by atoms with van der Waals surface area (Å²) in [6.45, 7) is 6.12. The number of likely N-dealkylation sites (tertiary alicyclic amines) is 1. The molecule has 7 nitrogen and oxygen atoms in total. The minimum Gasteiger partial charge on any atom is -0.353 e. The monoisotopic (exact) mass is 393 g/mol. The van der Waals surface area contributed by atoms with Crippen LogP contribution in [0.5, 0.6) is 0 Å². The van der Waals surface area contributed by atoms with E-state index in [1.165, 1.54) is 0 Å². The van der Waals surface area contributed by atoms with E-state index < -0.39 is 10.0 Å². The Morgan fingerprint density at radius 1 is 1.23 bits per heavy atom. The highest BCUT2D eigenvalue weighted by molar-refractivity contribution is 7.89. The first-order valence-corrected chi connectivity index (χ1v) is 11.0. The summed E-state index contributed by atoms with van der Waals surface area (Å²) in [6.07, 6.45) is 3.47. The summed E-state index contributed by atoms with van der Waals surface area (Å²) in [6, 6.07) is 3.19. The van der Waals surface area contributed by atoms with Gasteiger partial charge in [-0.15, -0.1) is 11.3 Å².